The highest BCUT2D eigenvalue weighted by atomic mass is 28.1. The molecule has 0 nitrogen and oxygen atoms in total. The molecule has 0 N–H and O–H groups in total. The van der Waals surface area contributed by atoms with Crippen LogP contribution >= 0.6 is 0 Å². The summed E-state index contributed by atoms with van der Waals surface area (Å²) >= 11 is 0. The van der Waals surface area contributed by atoms with Gasteiger partial charge in [0.05, 0.1) is 0 Å². The number of alkyl halides is 1. The van der Waals surface area contributed by atoms with Gasteiger partial charge in [-0.1, -0.05) is 29.5 Å². The van der Waals surface area contributed by atoms with Crippen molar-refractivity contribution in [2.24, 2.45) is 0 Å². The highest BCUT2D eigenvalue weighted by Crippen LogP contribution is 2.12. The van der Waals surface area contributed by atoms with Gasteiger partial charge >= 0.3 is 0 Å². The molecule has 0 saturated carbocycles. The summed E-state index contributed by atoms with van der Waals surface area (Å²) < 4.78 is 12.7. The highest BCUT2D eigenvalue weighted by molar-refractivity contribution is 6.33. The van der Waals surface area contributed by atoms with Crippen molar-refractivity contribution in [1.82, 2.24) is 0 Å². The molecular formula is C8H11FSi. The predicted molar refractivity (Wildman–Crippen MR) is 45.5 cm³/mol. The highest BCUT2D eigenvalue weighted by Gasteiger charge is 2.03. The summed E-state index contributed by atoms with van der Waals surface area (Å²) in [5.74, 6) is 0. The van der Waals surface area contributed by atoms with Gasteiger partial charge in [0, 0.05) is 10.2 Å². The van der Waals surface area contributed by atoms with Crippen LogP contribution in [0.5, 0.6) is 0 Å². The van der Waals surface area contributed by atoms with Gasteiger partial charge in [-0.2, -0.15) is 0 Å². The molecule has 0 radical (unpaired) electrons. The first kappa shape index (κ1) is 7.47. The second kappa shape index (κ2) is 2.97. The fourth-order valence-corrected chi connectivity index (χ4v) is 1.79. The topological polar surface area (TPSA) is 0 Å². The van der Waals surface area contributed by atoms with E-state index in [1.54, 1.807) is 6.92 Å². The van der Waals surface area contributed by atoms with Gasteiger partial charge < -0.3 is 0 Å². The van der Waals surface area contributed by atoms with Crippen molar-refractivity contribution >= 4 is 15.4 Å². The molecule has 2 heteroatoms. The zero-order valence-electron chi connectivity index (χ0n) is 6.26. The summed E-state index contributed by atoms with van der Waals surface area (Å²) in [6, 6.07) is 7.67. The molecule has 0 heterocycles. The summed E-state index contributed by atoms with van der Waals surface area (Å²) in [6.07, 6.45) is -0.811. The van der Waals surface area contributed by atoms with Gasteiger partial charge in [-0.15, -0.1) is 0 Å². The quantitative estimate of drug-likeness (QED) is 0.523. The fourth-order valence-electron chi connectivity index (χ4n) is 1.03. The molecule has 0 spiro atoms. The number of benzene rings is 1. The van der Waals surface area contributed by atoms with Crippen LogP contribution in [0.4, 0.5) is 4.39 Å². The molecule has 0 aliphatic heterocycles. The van der Waals surface area contributed by atoms with E-state index in [4.69, 9.17) is 0 Å². The number of hydrogen-bond acceptors (Lipinski definition) is 0. The van der Waals surface area contributed by atoms with Gasteiger partial charge in [0.2, 0.25) is 0 Å². The van der Waals surface area contributed by atoms with Crippen molar-refractivity contribution in [3.63, 3.8) is 0 Å². The molecule has 1 aromatic carbocycles. The predicted octanol–water partition coefficient (Wildman–Crippen LogP) is 0.708. The Hall–Kier alpha value is -0.633. The zero-order valence-corrected chi connectivity index (χ0v) is 8.26. The summed E-state index contributed by atoms with van der Waals surface area (Å²) in [7, 11) is 0.933. The third kappa shape index (κ3) is 1.45. The number of rotatable bonds is 1. The molecule has 0 aliphatic carbocycles. The summed E-state index contributed by atoms with van der Waals surface area (Å²) in [4.78, 5) is 0. The number of hydrogen-bond donors (Lipinski definition) is 0. The lowest BCUT2D eigenvalue weighted by Crippen LogP contribution is -2.09. The maximum atomic E-state index is 12.7. The maximum Gasteiger partial charge on any atom is 0.122 e. The van der Waals surface area contributed by atoms with Crippen LogP contribution in [0, 0.1) is 0 Å². The molecular weight excluding hydrogens is 143 g/mol. The van der Waals surface area contributed by atoms with Crippen LogP contribution in [-0.2, 0) is 0 Å². The molecule has 1 rings (SSSR count). The average Bonchev–Trinajstić information content (AvgIpc) is 1.88. The Kier molecular flexibility index (Phi) is 2.22. The maximum absolute atomic E-state index is 12.7. The molecule has 0 bridgehead atoms. The third-order valence-electron chi connectivity index (χ3n) is 1.62. The Morgan fingerprint density at radius 2 is 2.00 bits per heavy atom. The van der Waals surface area contributed by atoms with Gasteiger partial charge in [-0.05, 0) is 12.5 Å². The lowest BCUT2D eigenvalue weighted by Gasteiger charge is -2.04. The van der Waals surface area contributed by atoms with Crippen molar-refractivity contribution in [3.05, 3.63) is 29.8 Å². The lowest BCUT2D eigenvalue weighted by molar-refractivity contribution is 0.376. The van der Waals surface area contributed by atoms with Crippen molar-refractivity contribution in [1.29, 1.82) is 0 Å². The van der Waals surface area contributed by atoms with Gasteiger partial charge in [-0.25, -0.2) is 4.39 Å². The Bertz CT molecular complexity index is 220. The van der Waals surface area contributed by atoms with Gasteiger partial charge in [-0.3, -0.25) is 0 Å². The first-order valence-electron chi connectivity index (χ1n) is 3.41. The van der Waals surface area contributed by atoms with Crippen LogP contribution in [0.1, 0.15) is 18.7 Å². The van der Waals surface area contributed by atoms with E-state index in [0.29, 0.717) is 0 Å². The fraction of sp³-hybridized carbons (Fsp3) is 0.250. The largest absolute Gasteiger partial charge is 0.243 e. The second-order valence-electron chi connectivity index (χ2n) is 2.47. The van der Waals surface area contributed by atoms with Crippen molar-refractivity contribution in [2.45, 2.75) is 13.1 Å². The zero-order chi connectivity index (χ0) is 7.56. The Morgan fingerprint density at radius 1 is 1.40 bits per heavy atom. The van der Waals surface area contributed by atoms with E-state index in [1.165, 1.54) is 0 Å². The van der Waals surface area contributed by atoms with Gasteiger partial charge in [0.1, 0.15) is 6.17 Å². The molecule has 0 aromatic heterocycles. The molecule has 1 atom stereocenters. The van der Waals surface area contributed by atoms with E-state index in [1.807, 2.05) is 24.3 Å². The Morgan fingerprint density at radius 3 is 2.40 bits per heavy atom. The molecule has 0 saturated heterocycles. The number of halogens is 1. The van der Waals surface area contributed by atoms with Crippen molar-refractivity contribution in [2.75, 3.05) is 0 Å². The molecule has 10 heavy (non-hydrogen) atoms. The SMILES string of the molecule is CC(F)c1ccccc1[SiH3]. The molecule has 54 valence electrons. The van der Waals surface area contributed by atoms with Crippen molar-refractivity contribution < 1.29 is 4.39 Å². The van der Waals surface area contributed by atoms with E-state index < -0.39 is 6.17 Å². The van der Waals surface area contributed by atoms with Crippen LogP contribution in [0.25, 0.3) is 0 Å². The molecule has 0 aliphatic rings. The molecule has 1 unspecified atom stereocenters. The molecule has 1 aromatic rings. The molecule has 0 fully saturated rings. The Balaban J connectivity index is 3.03. The van der Waals surface area contributed by atoms with Crippen LogP contribution in [0.15, 0.2) is 24.3 Å². The third-order valence-corrected chi connectivity index (χ3v) is 2.53. The second-order valence-corrected chi connectivity index (χ2v) is 3.55. The van der Waals surface area contributed by atoms with Crippen LogP contribution in [0.2, 0.25) is 0 Å². The summed E-state index contributed by atoms with van der Waals surface area (Å²) in [5, 5.41) is 1.16. The van der Waals surface area contributed by atoms with E-state index in [-0.39, 0.29) is 0 Å². The normalized spacial score (nSPS) is 13.4. The standard InChI is InChI=1S/C8H11FSi/c1-6(9)7-4-2-3-5-8(7)10/h2-6H,1,10H3. The van der Waals surface area contributed by atoms with Gasteiger partial charge in [0.15, 0.2) is 0 Å². The minimum Gasteiger partial charge on any atom is -0.243 e. The van der Waals surface area contributed by atoms with E-state index in [2.05, 4.69) is 0 Å². The van der Waals surface area contributed by atoms with E-state index in [0.717, 1.165) is 21.0 Å². The van der Waals surface area contributed by atoms with Crippen LogP contribution in [-0.4, -0.2) is 10.2 Å². The smallest absolute Gasteiger partial charge is 0.122 e. The van der Waals surface area contributed by atoms with Crippen LogP contribution < -0.4 is 5.19 Å². The van der Waals surface area contributed by atoms with Crippen molar-refractivity contribution in [3.8, 4) is 0 Å². The lowest BCUT2D eigenvalue weighted by atomic mass is 10.1. The average molecular weight is 154 g/mol. The molecule has 0 amide bonds. The van der Waals surface area contributed by atoms with E-state index in [9.17, 15) is 4.39 Å². The van der Waals surface area contributed by atoms with Gasteiger partial charge in [0.25, 0.3) is 0 Å². The minimum atomic E-state index is -0.811. The minimum absolute atomic E-state index is 0.811. The Labute approximate surface area is 63.5 Å². The van der Waals surface area contributed by atoms with Crippen LogP contribution in [0.3, 0.4) is 0 Å². The van der Waals surface area contributed by atoms with E-state index >= 15 is 0 Å². The summed E-state index contributed by atoms with van der Waals surface area (Å²) in [6.45, 7) is 1.58. The first-order valence-corrected chi connectivity index (χ1v) is 4.41. The summed E-state index contributed by atoms with van der Waals surface area (Å²) in [5.41, 5.74) is 0.856. The monoisotopic (exact) mass is 154 g/mol. The first-order chi connectivity index (χ1) is 4.72.